The molecule has 1 fully saturated rings. The molecule has 0 bridgehead atoms. The topological polar surface area (TPSA) is 21.3 Å². The van der Waals surface area contributed by atoms with E-state index < -0.39 is 0 Å². The Balaban J connectivity index is 2.11. The van der Waals surface area contributed by atoms with Gasteiger partial charge in [-0.05, 0) is 50.4 Å². The molecule has 0 aliphatic heterocycles. The zero-order valence-electron chi connectivity index (χ0n) is 13.7. The fourth-order valence-electron chi connectivity index (χ4n) is 3.57. The number of hydrogen-bond donors (Lipinski definition) is 1. The van der Waals surface area contributed by atoms with Crippen molar-refractivity contribution >= 4 is 11.6 Å². The highest BCUT2D eigenvalue weighted by atomic mass is 35.5. The Bertz CT molecular complexity index is 470. The molecule has 1 aliphatic rings. The Morgan fingerprint density at radius 1 is 1.29 bits per heavy atom. The van der Waals surface area contributed by atoms with Crippen LogP contribution in [-0.4, -0.2) is 18.7 Å². The minimum atomic E-state index is 0.254. The second-order valence-electron chi connectivity index (χ2n) is 6.20. The van der Waals surface area contributed by atoms with E-state index in [2.05, 4.69) is 33.0 Å². The molecule has 1 aliphatic carbocycles. The second-order valence-corrected chi connectivity index (χ2v) is 6.64. The summed E-state index contributed by atoms with van der Waals surface area (Å²) >= 11 is 6.11. The predicted molar refractivity (Wildman–Crippen MR) is 90.3 cm³/mol. The normalized spacial score (nSPS) is 23.7. The number of nitrogens with one attached hydrogen (secondary N) is 1. The van der Waals surface area contributed by atoms with E-state index in [1.54, 1.807) is 0 Å². The number of halogens is 1. The molecule has 2 nitrogen and oxygen atoms in total. The van der Waals surface area contributed by atoms with Gasteiger partial charge in [0.1, 0.15) is 11.9 Å². The van der Waals surface area contributed by atoms with Crippen LogP contribution in [-0.2, 0) is 0 Å². The lowest BCUT2D eigenvalue weighted by molar-refractivity contribution is -0.0860. The quantitative estimate of drug-likeness (QED) is 0.767. The highest BCUT2D eigenvalue weighted by Crippen LogP contribution is 2.49. The molecule has 118 valence electrons. The first-order valence-electron chi connectivity index (χ1n) is 8.23. The van der Waals surface area contributed by atoms with Crippen LogP contribution in [0.15, 0.2) is 18.2 Å². The standard InChI is InChI=1S/C18H28ClNO/c1-5-10-20-16-12-17(18(16,6-2)7-3)21-15-11-14(19)9-8-13(15)4/h8-9,11,16-17,20H,5-7,10,12H2,1-4H3. The van der Waals surface area contributed by atoms with Gasteiger partial charge in [-0.25, -0.2) is 0 Å². The first-order valence-corrected chi connectivity index (χ1v) is 8.61. The number of rotatable bonds is 7. The minimum absolute atomic E-state index is 0.254. The molecular weight excluding hydrogens is 282 g/mol. The zero-order valence-corrected chi connectivity index (χ0v) is 14.5. The lowest BCUT2D eigenvalue weighted by Gasteiger charge is -2.55. The number of benzene rings is 1. The number of ether oxygens (including phenoxy) is 1. The summed E-state index contributed by atoms with van der Waals surface area (Å²) < 4.78 is 6.35. The van der Waals surface area contributed by atoms with E-state index in [1.807, 2.05) is 18.2 Å². The molecule has 2 unspecified atom stereocenters. The van der Waals surface area contributed by atoms with E-state index in [0.29, 0.717) is 12.1 Å². The van der Waals surface area contributed by atoms with Crippen molar-refractivity contribution in [2.45, 2.75) is 65.5 Å². The van der Waals surface area contributed by atoms with Crippen molar-refractivity contribution in [3.05, 3.63) is 28.8 Å². The van der Waals surface area contributed by atoms with Crippen molar-refractivity contribution in [3.63, 3.8) is 0 Å². The summed E-state index contributed by atoms with van der Waals surface area (Å²) in [4.78, 5) is 0. The molecule has 0 radical (unpaired) electrons. The van der Waals surface area contributed by atoms with Gasteiger partial charge in [-0.15, -0.1) is 0 Å². The molecule has 2 atom stereocenters. The van der Waals surface area contributed by atoms with Crippen molar-refractivity contribution in [2.75, 3.05) is 6.54 Å². The van der Waals surface area contributed by atoms with Gasteiger partial charge < -0.3 is 10.1 Å². The van der Waals surface area contributed by atoms with Gasteiger partial charge >= 0.3 is 0 Å². The first kappa shape index (κ1) is 16.6. The summed E-state index contributed by atoms with van der Waals surface area (Å²) in [6.07, 6.45) is 4.86. The third-order valence-electron chi connectivity index (χ3n) is 5.16. The van der Waals surface area contributed by atoms with Gasteiger partial charge in [0, 0.05) is 22.9 Å². The van der Waals surface area contributed by atoms with Crippen LogP contribution in [0.5, 0.6) is 5.75 Å². The Kier molecular flexibility index (Phi) is 5.56. The number of aryl methyl sites for hydroxylation is 1. The molecule has 0 saturated heterocycles. The van der Waals surface area contributed by atoms with Gasteiger partial charge in [-0.3, -0.25) is 0 Å². The van der Waals surface area contributed by atoms with Gasteiger partial charge in [0.25, 0.3) is 0 Å². The highest BCUT2D eigenvalue weighted by molar-refractivity contribution is 6.30. The maximum Gasteiger partial charge on any atom is 0.124 e. The van der Waals surface area contributed by atoms with E-state index >= 15 is 0 Å². The second kappa shape index (κ2) is 7.02. The van der Waals surface area contributed by atoms with E-state index in [9.17, 15) is 0 Å². The molecule has 1 aromatic carbocycles. The Labute approximate surface area is 134 Å². The Morgan fingerprint density at radius 2 is 2.00 bits per heavy atom. The van der Waals surface area contributed by atoms with E-state index in [1.165, 1.54) is 6.42 Å². The maximum absolute atomic E-state index is 6.35. The average molecular weight is 310 g/mol. The summed E-state index contributed by atoms with van der Waals surface area (Å²) in [5.41, 5.74) is 1.41. The van der Waals surface area contributed by atoms with E-state index in [-0.39, 0.29) is 5.41 Å². The Hall–Kier alpha value is -0.730. The lowest BCUT2D eigenvalue weighted by atomic mass is 9.58. The van der Waals surface area contributed by atoms with Crippen LogP contribution in [0.2, 0.25) is 5.02 Å². The molecule has 0 aromatic heterocycles. The van der Waals surface area contributed by atoms with E-state index in [4.69, 9.17) is 16.3 Å². The van der Waals surface area contributed by atoms with Crippen LogP contribution in [0, 0.1) is 12.3 Å². The molecule has 3 heteroatoms. The van der Waals surface area contributed by atoms with Gasteiger partial charge in [0.2, 0.25) is 0 Å². The zero-order chi connectivity index (χ0) is 15.5. The van der Waals surface area contributed by atoms with E-state index in [0.717, 1.165) is 42.1 Å². The monoisotopic (exact) mass is 309 g/mol. The molecule has 21 heavy (non-hydrogen) atoms. The van der Waals surface area contributed by atoms with Crippen molar-refractivity contribution in [2.24, 2.45) is 5.41 Å². The molecule has 1 N–H and O–H groups in total. The van der Waals surface area contributed by atoms with Crippen molar-refractivity contribution < 1.29 is 4.74 Å². The van der Waals surface area contributed by atoms with Crippen LogP contribution in [0.1, 0.15) is 52.0 Å². The third-order valence-corrected chi connectivity index (χ3v) is 5.40. The highest BCUT2D eigenvalue weighted by Gasteiger charge is 2.54. The predicted octanol–water partition coefficient (Wildman–Crippen LogP) is 4.97. The van der Waals surface area contributed by atoms with Crippen molar-refractivity contribution in [3.8, 4) is 5.75 Å². The first-order chi connectivity index (χ1) is 10.1. The smallest absolute Gasteiger partial charge is 0.124 e. The van der Waals surface area contributed by atoms with Gasteiger partial charge in [0.05, 0.1) is 0 Å². The summed E-state index contributed by atoms with van der Waals surface area (Å²) in [7, 11) is 0. The fraction of sp³-hybridized carbons (Fsp3) is 0.667. The van der Waals surface area contributed by atoms with Crippen LogP contribution in [0.3, 0.4) is 0 Å². The van der Waals surface area contributed by atoms with Crippen molar-refractivity contribution in [1.29, 1.82) is 0 Å². The average Bonchev–Trinajstić information content (AvgIpc) is 2.47. The minimum Gasteiger partial charge on any atom is -0.489 e. The molecule has 1 aromatic rings. The molecule has 1 saturated carbocycles. The summed E-state index contributed by atoms with van der Waals surface area (Å²) in [6.45, 7) is 9.95. The van der Waals surface area contributed by atoms with Gasteiger partial charge in [-0.2, -0.15) is 0 Å². The largest absolute Gasteiger partial charge is 0.489 e. The molecule has 0 heterocycles. The van der Waals surface area contributed by atoms with Crippen LogP contribution >= 0.6 is 11.6 Å². The summed E-state index contributed by atoms with van der Waals surface area (Å²) in [6, 6.07) is 6.47. The van der Waals surface area contributed by atoms with Gasteiger partial charge in [0.15, 0.2) is 0 Å². The lowest BCUT2D eigenvalue weighted by Crippen LogP contribution is -2.64. The van der Waals surface area contributed by atoms with Crippen molar-refractivity contribution in [1.82, 2.24) is 5.32 Å². The van der Waals surface area contributed by atoms with Crippen LogP contribution in [0.4, 0.5) is 0 Å². The summed E-state index contributed by atoms with van der Waals surface area (Å²) in [5, 5.41) is 4.44. The SMILES string of the molecule is CCCNC1CC(Oc2cc(Cl)ccc2C)C1(CC)CC. The van der Waals surface area contributed by atoms with Crippen LogP contribution in [0.25, 0.3) is 0 Å². The third kappa shape index (κ3) is 3.22. The molecule has 0 amide bonds. The fourth-order valence-corrected chi connectivity index (χ4v) is 3.73. The molecule has 0 spiro atoms. The maximum atomic E-state index is 6.35. The molecular formula is C18H28ClNO. The van der Waals surface area contributed by atoms with Gasteiger partial charge in [-0.1, -0.05) is 38.4 Å². The molecule has 2 rings (SSSR count). The summed E-state index contributed by atoms with van der Waals surface area (Å²) in [5.74, 6) is 0.938. The number of hydrogen-bond acceptors (Lipinski definition) is 2. The Morgan fingerprint density at radius 3 is 2.62 bits per heavy atom. The van der Waals surface area contributed by atoms with Crippen LogP contribution < -0.4 is 10.1 Å².